The second-order valence-electron chi connectivity index (χ2n) is 4.01. The van der Waals surface area contributed by atoms with E-state index in [1.165, 1.54) is 24.4 Å². The molecule has 0 bridgehead atoms. The van der Waals surface area contributed by atoms with Crippen molar-refractivity contribution >= 4 is 11.7 Å². The second-order valence-corrected chi connectivity index (χ2v) is 4.01. The molecule has 102 valence electrons. The van der Waals surface area contributed by atoms with Crippen molar-refractivity contribution in [3.05, 3.63) is 62.1 Å². The molecule has 1 N–H and O–H groups in total. The van der Waals surface area contributed by atoms with Crippen molar-refractivity contribution in [2.45, 2.75) is 6.92 Å². The number of aromatic carboxylic acids is 1. The maximum absolute atomic E-state index is 11.3. The van der Waals surface area contributed by atoms with Gasteiger partial charge in [0.25, 0.3) is 5.69 Å². The third-order valence-corrected chi connectivity index (χ3v) is 2.66. The van der Waals surface area contributed by atoms with E-state index in [0.717, 1.165) is 10.7 Å². The summed E-state index contributed by atoms with van der Waals surface area (Å²) in [6, 6.07) is 5.17. The summed E-state index contributed by atoms with van der Waals surface area (Å²) in [5.74, 6) is -1.45. The average Bonchev–Trinajstić information content (AvgIpc) is 2.39. The predicted molar refractivity (Wildman–Crippen MR) is 68.2 cm³/mol. The zero-order valence-electron chi connectivity index (χ0n) is 10.3. The molecule has 1 heterocycles. The molecule has 0 amide bonds. The van der Waals surface area contributed by atoms with Gasteiger partial charge in [-0.15, -0.1) is 0 Å². The van der Waals surface area contributed by atoms with Gasteiger partial charge in [0.1, 0.15) is 0 Å². The molecular weight excluding hydrogens is 266 g/mol. The van der Waals surface area contributed by atoms with Crippen LogP contribution in [0.2, 0.25) is 0 Å². The molecule has 8 heteroatoms. The Kier molecular flexibility index (Phi) is 3.30. The largest absolute Gasteiger partial charge is 0.476 e. The fourth-order valence-corrected chi connectivity index (χ4v) is 1.65. The van der Waals surface area contributed by atoms with Gasteiger partial charge in [0.05, 0.1) is 10.6 Å². The molecule has 0 unspecified atom stereocenters. The molecule has 0 radical (unpaired) electrons. The maximum Gasteiger partial charge on any atom is 0.360 e. The lowest BCUT2D eigenvalue weighted by atomic mass is 10.2. The normalized spacial score (nSPS) is 10.2. The minimum absolute atomic E-state index is 0.150. The number of hydrogen-bond donors (Lipinski definition) is 1. The monoisotopic (exact) mass is 275 g/mol. The molecule has 8 nitrogen and oxygen atoms in total. The van der Waals surface area contributed by atoms with Gasteiger partial charge < -0.3 is 5.11 Å². The topological polar surface area (TPSA) is 115 Å². The van der Waals surface area contributed by atoms with E-state index in [-0.39, 0.29) is 5.69 Å². The molecule has 20 heavy (non-hydrogen) atoms. The first-order valence-electron chi connectivity index (χ1n) is 5.49. The Morgan fingerprint density at radius 2 is 2.10 bits per heavy atom. The predicted octanol–water partition coefficient (Wildman–Crippen LogP) is 1.15. The zero-order valence-corrected chi connectivity index (χ0v) is 10.3. The number of aryl methyl sites for hydroxylation is 1. The Hall–Kier alpha value is -3.03. The molecule has 0 saturated heterocycles. The molecule has 1 aromatic carbocycles. The number of nitrogens with zero attached hydrogens (tertiary/aromatic N) is 3. The van der Waals surface area contributed by atoms with E-state index in [1.807, 2.05) is 0 Å². The molecule has 0 aliphatic heterocycles. The molecule has 2 rings (SSSR count). The van der Waals surface area contributed by atoms with Crippen molar-refractivity contribution in [3.63, 3.8) is 0 Å². The van der Waals surface area contributed by atoms with Crippen molar-refractivity contribution in [1.29, 1.82) is 0 Å². The summed E-state index contributed by atoms with van der Waals surface area (Å²) >= 11 is 0. The number of aromatic nitrogens is 2. The summed E-state index contributed by atoms with van der Waals surface area (Å²) in [7, 11) is 0. The minimum Gasteiger partial charge on any atom is -0.476 e. The SMILES string of the molecule is Cc1ccc([N+](=O)[O-])cc1-n1ccc(=O)c(C(=O)O)n1. The summed E-state index contributed by atoms with van der Waals surface area (Å²) in [6.07, 6.45) is 1.26. The highest BCUT2D eigenvalue weighted by Gasteiger charge is 2.14. The Balaban J connectivity index is 2.65. The van der Waals surface area contributed by atoms with Gasteiger partial charge in [0.15, 0.2) is 0 Å². The third-order valence-electron chi connectivity index (χ3n) is 2.66. The number of carboxylic acids is 1. The van der Waals surface area contributed by atoms with Crippen LogP contribution < -0.4 is 5.43 Å². The van der Waals surface area contributed by atoms with Crippen LogP contribution in [0.3, 0.4) is 0 Å². The van der Waals surface area contributed by atoms with Crippen LogP contribution in [0.1, 0.15) is 16.1 Å². The van der Waals surface area contributed by atoms with Gasteiger partial charge in [-0.1, -0.05) is 6.07 Å². The molecule has 0 aliphatic rings. The average molecular weight is 275 g/mol. The Morgan fingerprint density at radius 1 is 1.40 bits per heavy atom. The van der Waals surface area contributed by atoms with Crippen LogP contribution in [0, 0.1) is 17.0 Å². The summed E-state index contributed by atoms with van der Waals surface area (Å²) in [6.45, 7) is 1.69. The number of carbonyl (C=O) groups is 1. The van der Waals surface area contributed by atoms with Crippen LogP contribution >= 0.6 is 0 Å². The van der Waals surface area contributed by atoms with E-state index in [0.29, 0.717) is 11.3 Å². The highest BCUT2D eigenvalue weighted by atomic mass is 16.6. The second kappa shape index (κ2) is 4.92. The van der Waals surface area contributed by atoms with Crippen molar-refractivity contribution < 1.29 is 14.8 Å². The Morgan fingerprint density at radius 3 is 2.70 bits per heavy atom. The van der Waals surface area contributed by atoms with Crippen molar-refractivity contribution in [2.75, 3.05) is 0 Å². The fourth-order valence-electron chi connectivity index (χ4n) is 1.65. The van der Waals surface area contributed by atoms with E-state index in [9.17, 15) is 19.7 Å². The number of benzene rings is 1. The number of carboxylic acid groups (broad SMARTS) is 1. The minimum atomic E-state index is -1.45. The van der Waals surface area contributed by atoms with Crippen molar-refractivity contribution in [2.24, 2.45) is 0 Å². The van der Waals surface area contributed by atoms with E-state index in [4.69, 9.17) is 5.11 Å². The molecule has 0 atom stereocenters. The molecule has 1 aromatic heterocycles. The summed E-state index contributed by atoms with van der Waals surface area (Å²) in [5.41, 5.74) is -0.525. The van der Waals surface area contributed by atoms with Gasteiger partial charge in [-0.25, -0.2) is 9.48 Å². The van der Waals surface area contributed by atoms with Gasteiger partial charge >= 0.3 is 5.97 Å². The lowest BCUT2D eigenvalue weighted by molar-refractivity contribution is -0.384. The quantitative estimate of drug-likeness (QED) is 0.663. The van der Waals surface area contributed by atoms with E-state index in [1.54, 1.807) is 6.92 Å². The molecule has 0 fully saturated rings. The number of hydrogen-bond acceptors (Lipinski definition) is 5. The van der Waals surface area contributed by atoms with Gasteiger partial charge in [0.2, 0.25) is 11.1 Å². The van der Waals surface area contributed by atoms with Crippen molar-refractivity contribution in [1.82, 2.24) is 9.78 Å². The van der Waals surface area contributed by atoms with Crippen LogP contribution in [-0.2, 0) is 0 Å². The third kappa shape index (κ3) is 2.39. The van der Waals surface area contributed by atoms with E-state index < -0.39 is 22.0 Å². The number of nitro benzene ring substituents is 1. The zero-order chi connectivity index (χ0) is 14.9. The van der Waals surface area contributed by atoms with Crippen molar-refractivity contribution in [3.8, 4) is 5.69 Å². The van der Waals surface area contributed by atoms with Crippen LogP contribution in [-0.4, -0.2) is 25.8 Å². The Bertz CT molecular complexity index is 766. The Labute approximate surface area is 112 Å². The lowest BCUT2D eigenvalue weighted by Gasteiger charge is -2.08. The van der Waals surface area contributed by atoms with E-state index >= 15 is 0 Å². The molecule has 0 aliphatic carbocycles. The van der Waals surface area contributed by atoms with E-state index in [2.05, 4.69) is 5.10 Å². The highest BCUT2D eigenvalue weighted by Crippen LogP contribution is 2.19. The molecular formula is C12H9N3O5. The van der Waals surface area contributed by atoms with Crippen LogP contribution in [0.5, 0.6) is 0 Å². The highest BCUT2D eigenvalue weighted by molar-refractivity contribution is 5.84. The summed E-state index contributed by atoms with van der Waals surface area (Å²) < 4.78 is 1.13. The first-order valence-corrected chi connectivity index (χ1v) is 5.49. The van der Waals surface area contributed by atoms with Gasteiger partial charge in [-0.2, -0.15) is 5.10 Å². The smallest absolute Gasteiger partial charge is 0.360 e. The summed E-state index contributed by atoms with van der Waals surface area (Å²) in [5, 5.41) is 23.3. The van der Waals surface area contributed by atoms with Gasteiger partial charge in [0, 0.05) is 24.4 Å². The van der Waals surface area contributed by atoms with Crippen LogP contribution in [0.25, 0.3) is 5.69 Å². The molecule has 0 saturated carbocycles. The number of nitro groups is 1. The van der Waals surface area contributed by atoms with Crippen LogP contribution in [0.4, 0.5) is 5.69 Å². The van der Waals surface area contributed by atoms with Gasteiger partial charge in [-0.3, -0.25) is 14.9 Å². The standard InChI is InChI=1S/C12H9N3O5/c1-7-2-3-8(15(19)20)6-9(7)14-5-4-10(16)11(13-14)12(17)18/h2-6H,1H3,(H,17,18). The number of non-ortho nitro benzene ring substituents is 1. The first-order chi connectivity index (χ1) is 9.40. The van der Waals surface area contributed by atoms with Crippen LogP contribution in [0.15, 0.2) is 35.3 Å². The first kappa shape index (κ1) is 13.4. The molecule has 0 spiro atoms. The lowest BCUT2D eigenvalue weighted by Crippen LogP contribution is -2.20. The summed E-state index contributed by atoms with van der Waals surface area (Å²) in [4.78, 5) is 32.4. The fraction of sp³-hybridized carbons (Fsp3) is 0.0833. The molecule has 2 aromatic rings. The number of rotatable bonds is 3. The van der Waals surface area contributed by atoms with Gasteiger partial charge in [-0.05, 0) is 12.5 Å². The maximum atomic E-state index is 11.3.